The fourth-order valence-electron chi connectivity index (χ4n) is 2.86. The molecule has 5 nitrogen and oxygen atoms in total. The van der Waals surface area contributed by atoms with Crippen molar-refractivity contribution in [2.75, 3.05) is 32.1 Å². The number of ether oxygens (including phenoxy) is 1. The third-order valence-electron chi connectivity index (χ3n) is 4.57. The number of aliphatic hydroxyl groups is 1. The van der Waals surface area contributed by atoms with Crippen molar-refractivity contribution in [3.8, 4) is 5.75 Å². The Morgan fingerprint density at radius 3 is 2.70 bits per heavy atom. The van der Waals surface area contributed by atoms with Crippen LogP contribution in [-0.4, -0.2) is 48.8 Å². The lowest BCUT2D eigenvalue weighted by molar-refractivity contribution is -0.121. The SMILES string of the molecule is COc1cc(Cl)c(C)cc1NC(=O)C(C)N1CCC(CO)CC1. The summed E-state index contributed by atoms with van der Waals surface area (Å²) in [4.78, 5) is 14.7. The molecule has 0 spiro atoms. The zero-order chi connectivity index (χ0) is 17.0. The number of carbonyl (C=O) groups is 1. The Morgan fingerprint density at radius 1 is 1.48 bits per heavy atom. The number of amides is 1. The van der Waals surface area contributed by atoms with Gasteiger partial charge in [-0.05, 0) is 57.3 Å². The lowest BCUT2D eigenvalue weighted by Gasteiger charge is -2.34. The minimum absolute atomic E-state index is 0.0625. The number of likely N-dealkylation sites (tertiary alicyclic amines) is 1. The number of aliphatic hydroxyl groups excluding tert-OH is 1. The van der Waals surface area contributed by atoms with Gasteiger partial charge in [0.2, 0.25) is 5.91 Å². The van der Waals surface area contributed by atoms with Crippen LogP contribution in [0, 0.1) is 12.8 Å². The van der Waals surface area contributed by atoms with Gasteiger partial charge in [0.15, 0.2) is 0 Å². The summed E-state index contributed by atoms with van der Waals surface area (Å²) in [5.41, 5.74) is 1.52. The van der Waals surface area contributed by atoms with Crippen LogP contribution < -0.4 is 10.1 Å². The van der Waals surface area contributed by atoms with E-state index in [1.165, 1.54) is 0 Å². The highest BCUT2D eigenvalue weighted by Gasteiger charge is 2.26. The maximum Gasteiger partial charge on any atom is 0.241 e. The van der Waals surface area contributed by atoms with E-state index in [1.54, 1.807) is 13.2 Å². The molecule has 1 saturated heterocycles. The summed E-state index contributed by atoms with van der Waals surface area (Å²) >= 11 is 6.09. The monoisotopic (exact) mass is 340 g/mol. The van der Waals surface area contributed by atoms with Gasteiger partial charge in [-0.2, -0.15) is 0 Å². The average molecular weight is 341 g/mol. The zero-order valence-electron chi connectivity index (χ0n) is 13.9. The fraction of sp³-hybridized carbons (Fsp3) is 0.588. The first-order valence-electron chi connectivity index (χ1n) is 7.96. The fourth-order valence-corrected chi connectivity index (χ4v) is 3.01. The minimum Gasteiger partial charge on any atom is -0.495 e. The molecule has 0 radical (unpaired) electrons. The normalized spacial score (nSPS) is 17.8. The molecule has 1 amide bonds. The van der Waals surface area contributed by atoms with Crippen LogP contribution in [0.5, 0.6) is 5.75 Å². The Kier molecular flexibility index (Phi) is 6.27. The molecule has 0 saturated carbocycles. The molecule has 0 bridgehead atoms. The van der Waals surface area contributed by atoms with Gasteiger partial charge < -0.3 is 15.2 Å². The molecule has 0 aliphatic carbocycles. The first-order valence-corrected chi connectivity index (χ1v) is 8.34. The second kappa shape index (κ2) is 7.99. The van der Waals surface area contributed by atoms with Gasteiger partial charge in [0.25, 0.3) is 0 Å². The van der Waals surface area contributed by atoms with Crippen molar-refractivity contribution in [3.05, 3.63) is 22.7 Å². The standard InChI is InChI=1S/C17H25ClN2O3/c1-11-8-15(16(23-3)9-14(11)18)19-17(22)12(2)20-6-4-13(10-21)5-7-20/h8-9,12-13,21H,4-7,10H2,1-3H3,(H,19,22). The van der Waals surface area contributed by atoms with Gasteiger partial charge in [0, 0.05) is 17.7 Å². The lowest BCUT2D eigenvalue weighted by Crippen LogP contribution is -2.46. The number of hydrogen-bond acceptors (Lipinski definition) is 4. The number of halogens is 1. The van der Waals surface area contributed by atoms with Crippen molar-refractivity contribution in [3.63, 3.8) is 0 Å². The van der Waals surface area contributed by atoms with E-state index in [4.69, 9.17) is 16.3 Å². The Bertz CT molecular complexity index is 557. The molecule has 0 aromatic heterocycles. The number of piperidine rings is 1. The molecular formula is C17H25ClN2O3. The number of methoxy groups -OCH3 is 1. The van der Waals surface area contributed by atoms with Crippen molar-refractivity contribution < 1.29 is 14.6 Å². The van der Waals surface area contributed by atoms with E-state index in [9.17, 15) is 9.90 Å². The summed E-state index contributed by atoms with van der Waals surface area (Å²) in [6, 6.07) is 3.31. The van der Waals surface area contributed by atoms with Crippen molar-refractivity contribution in [2.45, 2.75) is 32.7 Å². The number of benzene rings is 1. The predicted octanol–water partition coefficient (Wildman–Crippen LogP) is 2.69. The van der Waals surface area contributed by atoms with Crippen LogP contribution in [0.3, 0.4) is 0 Å². The Labute approximate surface area is 142 Å². The van der Waals surface area contributed by atoms with Crippen LogP contribution in [0.1, 0.15) is 25.3 Å². The third-order valence-corrected chi connectivity index (χ3v) is 4.98. The van der Waals surface area contributed by atoms with Crippen LogP contribution in [0.4, 0.5) is 5.69 Å². The molecule has 6 heteroatoms. The molecule has 23 heavy (non-hydrogen) atoms. The smallest absolute Gasteiger partial charge is 0.241 e. The number of nitrogens with one attached hydrogen (secondary N) is 1. The number of anilines is 1. The highest BCUT2D eigenvalue weighted by atomic mass is 35.5. The number of aryl methyl sites for hydroxylation is 1. The van der Waals surface area contributed by atoms with E-state index in [1.807, 2.05) is 19.9 Å². The van der Waals surface area contributed by atoms with E-state index in [2.05, 4.69) is 10.2 Å². The van der Waals surface area contributed by atoms with Crippen LogP contribution in [-0.2, 0) is 4.79 Å². The number of carbonyl (C=O) groups excluding carboxylic acids is 1. The summed E-state index contributed by atoms with van der Waals surface area (Å²) in [7, 11) is 1.56. The second-order valence-corrected chi connectivity index (χ2v) is 6.54. The molecule has 1 atom stereocenters. The summed E-state index contributed by atoms with van der Waals surface area (Å²) < 4.78 is 5.30. The lowest BCUT2D eigenvalue weighted by atomic mass is 9.97. The van der Waals surface area contributed by atoms with E-state index in [-0.39, 0.29) is 18.6 Å². The van der Waals surface area contributed by atoms with E-state index in [0.29, 0.717) is 22.4 Å². The van der Waals surface area contributed by atoms with Crippen LogP contribution in [0.25, 0.3) is 0 Å². The first kappa shape index (κ1) is 18.0. The van der Waals surface area contributed by atoms with Crippen LogP contribution in [0.2, 0.25) is 5.02 Å². The van der Waals surface area contributed by atoms with Crippen LogP contribution in [0.15, 0.2) is 12.1 Å². The molecule has 1 heterocycles. The second-order valence-electron chi connectivity index (χ2n) is 6.13. The average Bonchev–Trinajstić information content (AvgIpc) is 2.57. The maximum atomic E-state index is 12.5. The predicted molar refractivity (Wildman–Crippen MR) is 92.2 cm³/mol. The third kappa shape index (κ3) is 4.37. The van der Waals surface area contributed by atoms with Crippen molar-refractivity contribution in [2.24, 2.45) is 5.92 Å². The number of nitrogens with zero attached hydrogens (tertiary/aromatic N) is 1. The van der Waals surface area contributed by atoms with Gasteiger partial charge in [0.05, 0.1) is 18.8 Å². The molecule has 2 rings (SSSR count). The largest absolute Gasteiger partial charge is 0.495 e. The highest BCUT2D eigenvalue weighted by molar-refractivity contribution is 6.31. The molecule has 1 unspecified atom stereocenters. The molecule has 1 fully saturated rings. The molecule has 1 aliphatic heterocycles. The molecular weight excluding hydrogens is 316 g/mol. The van der Waals surface area contributed by atoms with Gasteiger partial charge in [-0.15, -0.1) is 0 Å². The summed E-state index contributed by atoms with van der Waals surface area (Å²) in [6.07, 6.45) is 1.86. The summed E-state index contributed by atoms with van der Waals surface area (Å²) in [5.74, 6) is 0.855. The van der Waals surface area contributed by atoms with Gasteiger partial charge in [-0.1, -0.05) is 11.6 Å². The number of hydrogen-bond donors (Lipinski definition) is 2. The first-order chi connectivity index (χ1) is 11.0. The Hall–Kier alpha value is -1.30. The van der Waals surface area contributed by atoms with Gasteiger partial charge in [-0.3, -0.25) is 9.69 Å². The maximum absolute atomic E-state index is 12.5. The molecule has 2 N–H and O–H groups in total. The van der Waals surface area contributed by atoms with Gasteiger partial charge in [-0.25, -0.2) is 0 Å². The van der Waals surface area contributed by atoms with Crippen molar-refractivity contribution in [1.29, 1.82) is 0 Å². The van der Waals surface area contributed by atoms with Crippen LogP contribution >= 0.6 is 11.6 Å². The molecule has 1 aliphatic rings. The van der Waals surface area contributed by atoms with Gasteiger partial charge in [0.1, 0.15) is 5.75 Å². The topological polar surface area (TPSA) is 61.8 Å². The van der Waals surface area contributed by atoms with Crippen molar-refractivity contribution >= 4 is 23.2 Å². The minimum atomic E-state index is -0.227. The summed E-state index contributed by atoms with van der Waals surface area (Å²) in [5, 5.41) is 12.8. The van der Waals surface area contributed by atoms with E-state index in [0.717, 1.165) is 31.5 Å². The number of rotatable bonds is 5. The Morgan fingerprint density at radius 2 is 2.13 bits per heavy atom. The van der Waals surface area contributed by atoms with E-state index >= 15 is 0 Å². The van der Waals surface area contributed by atoms with E-state index < -0.39 is 0 Å². The quantitative estimate of drug-likeness (QED) is 0.865. The molecule has 1 aromatic rings. The molecule has 1 aromatic carbocycles. The van der Waals surface area contributed by atoms with Crippen molar-refractivity contribution in [1.82, 2.24) is 4.90 Å². The van der Waals surface area contributed by atoms with Gasteiger partial charge >= 0.3 is 0 Å². The Balaban J connectivity index is 2.03. The summed E-state index contributed by atoms with van der Waals surface area (Å²) in [6.45, 7) is 5.69. The zero-order valence-corrected chi connectivity index (χ0v) is 14.7. The highest BCUT2D eigenvalue weighted by Crippen LogP contribution is 2.31. The molecule has 128 valence electrons.